The molecule has 0 unspecified atom stereocenters. The molecule has 1 aromatic carbocycles. The summed E-state index contributed by atoms with van der Waals surface area (Å²) in [5, 5.41) is 33.2. The minimum atomic E-state index is -1.30. The largest absolute Gasteiger partial charge is 0.535 e. The number of benzene rings is 1. The number of carboxylic acid groups (broad SMARTS) is 1. The Morgan fingerprint density at radius 3 is 2.94 bits per heavy atom. The quantitative estimate of drug-likeness (QED) is 0.429. The number of carboxylic acids is 1. The van der Waals surface area contributed by atoms with Crippen molar-refractivity contribution in [3.63, 3.8) is 0 Å². The number of aromatic carboxylic acids is 1. The van der Waals surface area contributed by atoms with E-state index in [2.05, 4.69) is 20.9 Å². The van der Waals surface area contributed by atoms with Gasteiger partial charge in [0.1, 0.15) is 12.3 Å². The first-order valence-corrected chi connectivity index (χ1v) is 10.0. The Kier molecular flexibility index (Phi) is 6.00. The maximum Gasteiger partial charge on any atom is 0.526 e. The third-order valence-corrected chi connectivity index (χ3v) is 5.45. The summed E-state index contributed by atoms with van der Waals surface area (Å²) in [5.41, 5.74) is 0.739. The predicted molar refractivity (Wildman–Crippen MR) is 108 cm³/mol. The van der Waals surface area contributed by atoms with E-state index in [-0.39, 0.29) is 47.7 Å². The molecule has 12 heteroatoms. The zero-order valence-electron chi connectivity index (χ0n) is 16.7. The van der Waals surface area contributed by atoms with Crippen LogP contribution >= 0.6 is 0 Å². The van der Waals surface area contributed by atoms with Gasteiger partial charge in [-0.3, -0.25) is 9.59 Å². The molecule has 1 saturated heterocycles. The van der Waals surface area contributed by atoms with Crippen molar-refractivity contribution in [3.05, 3.63) is 41.2 Å². The summed E-state index contributed by atoms with van der Waals surface area (Å²) in [6, 6.07) is 4.77. The van der Waals surface area contributed by atoms with Crippen molar-refractivity contribution in [2.24, 2.45) is 0 Å². The van der Waals surface area contributed by atoms with Gasteiger partial charge in [-0.1, -0.05) is 17.3 Å². The Morgan fingerprint density at radius 2 is 2.19 bits per heavy atom. The number of nitrogens with one attached hydrogen (secondary N) is 2. The summed E-state index contributed by atoms with van der Waals surface area (Å²) in [5.74, 6) is -2.09. The summed E-state index contributed by atoms with van der Waals surface area (Å²) < 4.78 is 6.70. The zero-order valence-corrected chi connectivity index (χ0v) is 16.7. The van der Waals surface area contributed by atoms with Crippen LogP contribution in [0, 0.1) is 0 Å². The first kappa shape index (κ1) is 21.0. The number of aromatic nitrogens is 3. The highest BCUT2D eigenvalue weighted by Crippen LogP contribution is 2.36. The van der Waals surface area contributed by atoms with Gasteiger partial charge in [0.15, 0.2) is 11.5 Å². The molecule has 1 aromatic heterocycles. The molecule has 0 spiro atoms. The molecule has 2 aliphatic heterocycles. The average Bonchev–Trinajstić information content (AvgIpc) is 3.40. The number of Topliss-reactive ketones (excluding diaryl/α,β-unsaturated/α-hetero) is 1. The van der Waals surface area contributed by atoms with Crippen LogP contribution in [0.1, 0.15) is 39.3 Å². The number of ketones is 1. The van der Waals surface area contributed by atoms with E-state index in [0.29, 0.717) is 18.5 Å². The molecule has 0 aliphatic carbocycles. The highest BCUT2D eigenvalue weighted by Gasteiger charge is 2.37. The van der Waals surface area contributed by atoms with Gasteiger partial charge in [0, 0.05) is 24.8 Å². The van der Waals surface area contributed by atoms with Crippen molar-refractivity contribution in [1.29, 1.82) is 0 Å². The van der Waals surface area contributed by atoms with Crippen LogP contribution in [-0.2, 0) is 17.8 Å². The fraction of sp³-hybridized carbons (Fsp3) is 0.421. The standard InChI is InChI=1S/C19H22BN5O6/c26-14(9-25-10-16(23-24-25)18(27)22-13-4-5-21-8-13)7-12-6-11-2-1-3-15(19(28)29)17(11)31-20(12)30/h1-3,10,12-13,21,30H,4-9H2,(H,22,27)(H,28,29)/t12-,13-/m1/s1. The second-order valence-corrected chi connectivity index (χ2v) is 7.78. The lowest BCUT2D eigenvalue weighted by atomic mass is 9.64. The SMILES string of the molecule is O=C(C[C@H]1Cc2cccc(C(=O)O)c2OB1O)Cn1cc(C(=O)N[C@@H]2CCNC2)nn1. The maximum atomic E-state index is 12.5. The summed E-state index contributed by atoms with van der Waals surface area (Å²) in [7, 11) is -1.30. The molecule has 0 saturated carbocycles. The molecule has 2 aromatic rings. The van der Waals surface area contributed by atoms with Crippen molar-refractivity contribution in [3.8, 4) is 5.75 Å². The van der Waals surface area contributed by atoms with Gasteiger partial charge in [0.25, 0.3) is 5.91 Å². The molecule has 4 rings (SSSR count). The molecule has 1 amide bonds. The van der Waals surface area contributed by atoms with Crippen LogP contribution in [0.25, 0.3) is 0 Å². The monoisotopic (exact) mass is 427 g/mol. The second kappa shape index (κ2) is 8.86. The molecule has 0 radical (unpaired) electrons. The van der Waals surface area contributed by atoms with Gasteiger partial charge >= 0.3 is 13.1 Å². The minimum absolute atomic E-state index is 0.00698. The molecular weight excluding hydrogens is 405 g/mol. The number of nitrogens with zero attached hydrogens (tertiary/aromatic N) is 3. The fourth-order valence-corrected chi connectivity index (χ4v) is 3.88. The molecule has 4 N–H and O–H groups in total. The topological polar surface area (TPSA) is 156 Å². The van der Waals surface area contributed by atoms with Crippen LogP contribution < -0.4 is 15.3 Å². The average molecular weight is 427 g/mol. The first-order chi connectivity index (χ1) is 14.9. The number of carbonyl (C=O) groups excluding carboxylic acids is 2. The third kappa shape index (κ3) is 4.75. The predicted octanol–water partition coefficient (Wildman–Crippen LogP) is -0.487. The van der Waals surface area contributed by atoms with E-state index in [9.17, 15) is 24.5 Å². The fourth-order valence-electron chi connectivity index (χ4n) is 3.88. The van der Waals surface area contributed by atoms with Gasteiger partial charge in [-0.05, 0) is 31.0 Å². The first-order valence-electron chi connectivity index (χ1n) is 10.0. The molecule has 2 atom stereocenters. The highest BCUT2D eigenvalue weighted by atomic mass is 16.5. The molecule has 162 valence electrons. The lowest BCUT2D eigenvalue weighted by molar-refractivity contribution is -0.120. The van der Waals surface area contributed by atoms with E-state index in [1.54, 1.807) is 12.1 Å². The summed E-state index contributed by atoms with van der Waals surface area (Å²) in [4.78, 5) is 36.1. The highest BCUT2D eigenvalue weighted by molar-refractivity contribution is 6.47. The normalized spacial score (nSPS) is 20.1. The minimum Gasteiger partial charge on any atom is -0.535 e. The maximum absolute atomic E-state index is 12.5. The Bertz CT molecular complexity index is 1010. The second-order valence-electron chi connectivity index (χ2n) is 7.78. The Balaban J connectivity index is 1.35. The molecule has 31 heavy (non-hydrogen) atoms. The smallest absolute Gasteiger partial charge is 0.526 e. The van der Waals surface area contributed by atoms with Crippen LogP contribution in [0.5, 0.6) is 5.75 Å². The van der Waals surface area contributed by atoms with Gasteiger partial charge in [-0.25, -0.2) is 9.48 Å². The van der Waals surface area contributed by atoms with Crippen molar-refractivity contribution < 1.29 is 29.2 Å². The van der Waals surface area contributed by atoms with E-state index in [4.69, 9.17) is 4.65 Å². The van der Waals surface area contributed by atoms with Gasteiger partial charge in [-0.2, -0.15) is 0 Å². The zero-order chi connectivity index (χ0) is 22.0. The van der Waals surface area contributed by atoms with E-state index < -0.39 is 18.9 Å². The van der Waals surface area contributed by atoms with E-state index >= 15 is 0 Å². The third-order valence-electron chi connectivity index (χ3n) is 5.45. The van der Waals surface area contributed by atoms with Crippen LogP contribution in [0.15, 0.2) is 24.4 Å². The number of amides is 1. The number of hydrogen-bond donors (Lipinski definition) is 4. The van der Waals surface area contributed by atoms with Crippen molar-refractivity contribution in [2.45, 2.75) is 37.7 Å². The van der Waals surface area contributed by atoms with E-state index in [0.717, 1.165) is 13.0 Å². The number of hydrogen-bond acceptors (Lipinski definition) is 8. The molecule has 0 bridgehead atoms. The number of fused-ring (bicyclic) bond motifs is 1. The van der Waals surface area contributed by atoms with Gasteiger partial charge in [-0.15, -0.1) is 5.10 Å². The van der Waals surface area contributed by atoms with Crippen LogP contribution in [0.2, 0.25) is 5.82 Å². The molecule has 3 heterocycles. The van der Waals surface area contributed by atoms with Gasteiger partial charge in [0.05, 0.1) is 11.8 Å². The Labute approximate surface area is 177 Å². The van der Waals surface area contributed by atoms with Crippen molar-refractivity contribution in [2.75, 3.05) is 13.1 Å². The van der Waals surface area contributed by atoms with E-state index in [1.165, 1.54) is 16.9 Å². The Morgan fingerprint density at radius 1 is 1.35 bits per heavy atom. The van der Waals surface area contributed by atoms with Crippen LogP contribution in [0.3, 0.4) is 0 Å². The van der Waals surface area contributed by atoms with Crippen molar-refractivity contribution >= 4 is 24.8 Å². The van der Waals surface area contributed by atoms with Crippen molar-refractivity contribution in [1.82, 2.24) is 25.6 Å². The molecule has 1 fully saturated rings. The van der Waals surface area contributed by atoms with Gasteiger partial charge in [0.2, 0.25) is 0 Å². The molecule has 11 nitrogen and oxygen atoms in total. The van der Waals surface area contributed by atoms with Crippen LogP contribution in [0.4, 0.5) is 0 Å². The lowest BCUT2D eigenvalue weighted by Crippen LogP contribution is -2.36. The Hall–Kier alpha value is -3.25. The summed E-state index contributed by atoms with van der Waals surface area (Å²) >= 11 is 0. The van der Waals surface area contributed by atoms with E-state index in [1.807, 2.05) is 0 Å². The number of para-hydroxylation sites is 1. The van der Waals surface area contributed by atoms with Gasteiger partial charge < -0.3 is 25.4 Å². The molecule has 2 aliphatic rings. The number of rotatable bonds is 7. The summed E-state index contributed by atoms with van der Waals surface area (Å²) in [6.45, 7) is 1.46. The summed E-state index contributed by atoms with van der Waals surface area (Å²) in [6.07, 6.45) is 2.58. The van der Waals surface area contributed by atoms with Crippen LogP contribution in [-0.4, -0.2) is 69.0 Å². The number of carbonyl (C=O) groups is 3. The molecular formula is C19H22BN5O6. The lowest BCUT2D eigenvalue weighted by Gasteiger charge is -2.27.